The van der Waals surface area contributed by atoms with Crippen LogP contribution in [0.25, 0.3) is 16.9 Å². The zero-order valence-electron chi connectivity index (χ0n) is 17.2. The van der Waals surface area contributed by atoms with Gasteiger partial charge in [-0.25, -0.2) is 14.4 Å². The summed E-state index contributed by atoms with van der Waals surface area (Å²) >= 11 is 3.43. The van der Waals surface area contributed by atoms with Crippen molar-refractivity contribution >= 4 is 33.3 Å². The molecule has 4 rings (SSSR count). The smallest absolute Gasteiger partial charge is 0.254 e. The van der Waals surface area contributed by atoms with Gasteiger partial charge in [0.25, 0.3) is 5.91 Å². The number of nitrogens with zero attached hydrogens (tertiary/aromatic N) is 5. The third kappa shape index (κ3) is 4.29. The minimum Gasteiger partial charge on any atom is -0.361 e. The third-order valence-electron chi connectivity index (χ3n) is 4.75. The number of carbonyl (C=O) groups excluding carboxylic acids is 1. The molecule has 8 nitrogen and oxygen atoms in total. The largest absolute Gasteiger partial charge is 0.361 e. The summed E-state index contributed by atoms with van der Waals surface area (Å²) in [6.45, 7) is 4.18. The molecule has 3 aromatic heterocycles. The molecule has 0 unspecified atom stereocenters. The molecule has 3 heterocycles. The number of aromatic nitrogens is 5. The van der Waals surface area contributed by atoms with Crippen molar-refractivity contribution in [2.45, 2.75) is 26.4 Å². The molecular weight excluding hydrogens is 465 g/mol. The van der Waals surface area contributed by atoms with Crippen LogP contribution in [0.15, 0.2) is 47.5 Å². The Balaban J connectivity index is 1.67. The van der Waals surface area contributed by atoms with E-state index in [0.29, 0.717) is 33.9 Å². The average Bonchev–Trinajstić information content (AvgIpc) is 3.31. The van der Waals surface area contributed by atoms with E-state index in [0.717, 1.165) is 5.69 Å². The van der Waals surface area contributed by atoms with Crippen molar-refractivity contribution in [2.24, 2.45) is 7.05 Å². The van der Waals surface area contributed by atoms with E-state index in [1.54, 1.807) is 29.3 Å². The SMILES string of the molecule is CC(C)NC(=O)c1ccc(-c2cnc3c(NCc4ccnn4C)nc(Br)cn23)cc1F. The van der Waals surface area contributed by atoms with Crippen molar-refractivity contribution in [1.82, 2.24) is 29.5 Å². The zero-order valence-corrected chi connectivity index (χ0v) is 18.8. The Morgan fingerprint density at radius 1 is 1.29 bits per heavy atom. The Morgan fingerprint density at radius 2 is 2.10 bits per heavy atom. The molecule has 0 spiro atoms. The van der Waals surface area contributed by atoms with Gasteiger partial charge >= 0.3 is 0 Å². The van der Waals surface area contributed by atoms with Crippen molar-refractivity contribution in [3.8, 4) is 11.3 Å². The number of rotatable bonds is 6. The molecule has 0 aliphatic rings. The summed E-state index contributed by atoms with van der Waals surface area (Å²) in [5, 5.41) is 10.1. The minimum atomic E-state index is -0.590. The summed E-state index contributed by atoms with van der Waals surface area (Å²) in [7, 11) is 1.87. The van der Waals surface area contributed by atoms with Gasteiger partial charge in [-0.05, 0) is 48.0 Å². The topological polar surface area (TPSA) is 89.1 Å². The van der Waals surface area contributed by atoms with Gasteiger partial charge < -0.3 is 10.6 Å². The fraction of sp³-hybridized carbons (Fsp3) is 0.238. The molecule has 0 atom stereocenters. The first-order valence-corrected chi connectivity index (χ1v) is 10.5. The number of hydrogen-bond donors (Lipinski definition) is 2. The lowest BCUT2D eigenvalue weighted by molar-refractivity contribution is 0.0939. The molecule has 0 radical (unpaired) electrons. The molecule has 0 saturated heterocycles. The van der Waals surface area contributed by atoms with Crippen LogP contribution in [0, 0.1) is 5.82 Å². The number of imidazole rings is 1. The second-order valence-electron chi connectivity index (χ2n) is 7.37. The molecule has 0 aliphatic heterocycles. The fourth-order valence-electron chi connectivity index (χ4n) is 3.24. The van der Waals surface area contributed by atoms with Gasteiger partial charge in [0, 0.05) is 31.0 Å². The normalized spacial score (nSPS) is 11.3. The summed E-state index contributed by atoms with van der Waals surface area (Å²) < 4.78 is 18.9. The van der Waals surface area contributed by atoms with Gasteiger partial charge in [-0.1, -0.05) is 6.07 Å². The minimum absolute atomic E-state index is 0.00708. The predicted molar refractivity (Wildman–Crippen MR) is 119 cm³/mol. The van der Waals surface area contributed by atoms with E-state index in [-0.39, 0.29) is 11.6 Å². The van der Waals surface area contributed by atoms with E-state index >= 15 is 0 Å². The first kappa shape index (κ1) is 21.0. The number of hydrogen-bond acceptors (Lipinski definition) is 5. The van der Waals surface area contributed by atoms with E-state index in [1.165, 1.54) is 12.1 Å². The van der Waals surface area contributed by atoms with Crippen LogP contribution >= 0.6 is 15.9 Å². The Hall–Kier alpha value is -3.27. The van der Waals surface area contributed by atoms with E-state index in [9.17, 15) is 9.18 Å². The van der Waals surface area contributed by atoms with E-state index in [4.69, 9.17) is 0 Å². The maximum absolute atomic E-state index is 14.7. The highest BCUT2D eigenvalue weighted by Crippen LogP contribution is 2.27. The lowest BCUT2D eigenvalue weighted by Gasteiger charge is -2.11. The summed E-state index contributed by atoms with van der Waals surface area (Å²) in [5.74, 6) is -0.450. The van der Waals surface area contributed by atoms with Crippen molar-refractivity contribution in [1.29, 1.82) is 0 Å². The molecule has 1 aromatic carbocycles. The quantitative estimate of drug-likeness (QED) is 0.433. The second kappa shape index (κ2) is 8.46. The van der Waals surface area contributed by atoms with Crippen LogP contribution in [0.4, 0.5) is 10.2 Å². The van der Waals surface area contributed by atoms with Crippen molar-refractivity contribution in [3.05, 3.63) is 64.5 Å². The highest BCUT2D eigenvalue weighted by Gasteiger charge is 2.17. The molecule has 160 valence electrons. The summed E-state index contributed by atoms with van der Waals surface area (Å²) in [6.07, 6.45) is 5.15. The van der Waals surface area contributed by atoms with Crippen molar-refractivity contribution < 1.29 is 9.18 Å². The maximum Gasteiger partial charge on any atom is 0.254 e. The number of fused-ring (bicyclic) bond motifs is 1. The first-order valence-electron chi connectivity index (χ1n) is 9.68. The Kier molecular flexibility index (Phi) is 5.73. The highest BCUT2D eigenvalue weighted by atomic mass is 79.9. The summed E-state index contributed by atoms with van der Waals surface area (Å²) in [6, 6.07) is 6.38. The maximum atomic E-state index is 14.7. The molecule has 10 heteroatoms. The van der Waals surface area contributed by atoms with Gasteiger partial charge in [0.2, 0.25) is 0 Å². The van der Waals surface area contributed by atoms with Gasteiger partial charge in [-0.15, -0.1) is 0 Å². The van der Waals surface area contributed by atoms with Crippen LogP contribution < -0.4 is 10.6 Å². The summed E-state index contributed by atoms with van der Waals surface area (Å²) in [4.78, 5) is 21.1. The standard InChI is InChI=1S/C21H21BrFN7O/c1-12(2)27-21(31)15-5-4-13(8-16(15)23)17-10-25-20-19(28-18(22)11-30(17)20)24-9-14-6-7-26-29(14)3/h4-8,10-12H,9H2,1-3H3,(H,24,28)(H,27,31). The lowest BCUT2D eigenvalue weighted by Crippen LogP contribution is -2.30. The van der Waals surface area contributed by atoms with Crippen LogP contribution in [0.1, 0.15) is 29.9 Å². The van der Waals surface area contributed by atoms with E-state index in [1.807, 2.05) is 31.4 Å². The Bertz CT molecular complexity index is 1260. The Morgan fingerprint density at radius 3 is 2.77 bits per heavy atom. The average molecular weight is 486 g/mol. The number of aryl methyl sites for hydroxylation is 1. The van der Waals surface area contributed by atoms with Crippen LogP contribution in [0.3, 0.4) is 0 Å². The van der Waals surface area contributed by atoms with Gasteiger partial charge in [0.1, 0.15) is 10.4 Å². The number of amides is 1. The van der Waals surface area contributed by atoms with Crippen LogP contribution in [0.2, 0.25) is 0 Å². The first-order chi connectivity index (χ1) is 14.8. The number of carbonyl (C=O) groups is 1. The summed E-state index contributed by atoms with van der Waals surface area (Å²) in [5.41, 5.74) is 2.87. The second-order valence-corrected chi connectivity index (χ2v) is 8.18. The van der Waals surface area contributed by atoms with E-state index in [2.05, 4.69) is 41.6 Å². The van der Waals surface area contributed by atoms with Crippen molar-refractivity contribution in [2.75, 3.05) is 5.32 Å². The van der Waals surface area contributed by atoms with E-state index < -0.39 is 11.7 Å². The molecule has 0 fully saturated rings. The van der Waals surface area contributed by atoms with Gasteiger partial charge in [-0.3, -0.25) is 13.9 Å². The monoisotopic (exact) mass is 485 g/mol. The lowest BCUT2D eigenvalue weighted by atomic mass is 10.1. The molecular formula is C21H21BrFN7O. The van der Waals surface area contributed by atoms with Crippen LogP contribution in [0.5, 0.6) is 0 Å². The molecule has 2 N–H and O–H groups in total. The number of benzene rings is 1. The number of nitrogens with one attached hydrogen (secondary N) is 2. The Labute approximate surface area is 186 Å². The fourth-order valence-corrected chi connectivity index (χ4v) is 3.62. The van der Waals surface area contributed by atoms with Crippen LogP contribution in [-0.2, 0) is 13.6 Å². The predicted octanol–water partition coefficient (Wildman–Crippen LogP) is 3.78. The zero-order chi connectivity index (χ0) is 22.1. The molecule has 0 saturated carbocycles. The molecule has 0 aliphatic carbocycles. The number of halogens is 2. The highest BCUT2D eigenvalue weighted by molar-refractivity contribution is 9.10. The molecule has 1 amide bonds. The van der Waals surface area contributed by atoms with Gasteiger partial charge in [-0.2, -0.15) is 5.10 Å². The molecule has 4 aromatic rings. The van der Waals surface area contributed by atoms with Gasteiger partial charge in [0.05, 0.1) is 29.7 Å². The molecule has 0 bridgehead atoms. The van der Waals surface area contributed by atoms with Crippen molar-refractivity contribution in [3.63, 3.8) is 0 Å². The number of anilines is 1. The van der Waals surface area contributed by atoms with Crippen LogP contribution in [-0.4, -0.2) is 36.1 Å². The molecule has 31 heavy (non-hydrogen) atoms. The van der Waals surface area contributed by atoms with Gasteiger partial charge in [0.15, 0.2) is 11.5 Å². The third-order valence-corrected chi connectivity index (χ3v) is 5.13.